The molecule has 0 heterocycles. The molecule has 2 aromatic rings. The zero-order valence-corrected chi connectivity index (χ0v) is 12.4. The summed E-state index contributed by atoms with van der Waals surface area (Å²) >= 11 is 6.14. The van der Waals surface area contributed by atoms with E-state index >= 15 is 0 Å². The van der Waals surface area contributed by atoms with Gasteiger partial charge in [0.15, 0.2) is 0 Å². The summed E-state index contributed by atoms with van der Waals surface area (Å²) in [5.74, 6) is 0.932. The number of benzene rings is 2. The Bertz CT molecular complexity index is 687. The van der Waals surface area contributed by atoms with E-state index < -0.39 is 4.92 Å². The van der Waals surface area contributed by atoms with Crippen molar-refractivity contribution in [2.24, 2.45) is 5.73 Å². The van der Waals surface area contributed by atoms with E-state index in [2.05, 4.69) is 0 Å². The van der Waals surface area contributed by atoms with Crippen molar-refractivity contribution in [3.8, 4) is 11.5 Å². The number of nitro benzene ring substituents is 1. The molecule has 0 aliphatic rings. The van der Waals surface area contributed by atoms with Crippen LogP contribution >= 0.6 is 11.6 Å². The third-order valence-corrected chi connectivity index (χ3v) is 3.40. The molecule has 1 atom stereocenters. The lowest BCUT2D eigenvalue weighted by Gasteiger charge is -2.12. The average molecular weight is 307 g/mol. The number of nitro groups is 1. The first-order valence-corrected chi connectivity index (χ1v) is 6.74. The molecule has 0 saturated heterocycles. The Kier molecular flexibility index (Phi) is 4.45. The van der Waals surface area contributed by atoms with Crippen molar-refractivity contribution in [3.63, 3.8) is 0 Å². The molecule has 0 aliphatic carbocycles. The van der Waals surface area contributed by atoms with Gasteiger partial charge in [-0.3, -0.25) is 10.1 Å². The lowest BCUT2D eigenvalue weighted by atomic mass is 10.1. The molecule has 2 rings (SSSR count). The highest BCUT2D eigenvalue weighted by molar-refractivity contribution is 6.31. The Morgan fingerprint density at radius 3 is 2.57 bits per heavy atom. The van der Waals surface area contributed by atoms with Crippen LogP contribution in [-0.4, -0.2) is 4.92 Å². The van der Waals surface area contributed by atoms with Crippen molar-refractivity contribution in [1.82, 2.24) is 0 Å². The number of non-ortho nitro benzene ring substituents is 1. The second-order valence-corrected chi connectivity index (χ2v) is 5.19. The van der Waals surface area contributed by atoms with Crippen LogP contribution < -0.4 is 10.5 Å². The maximum Gasteiger partial charge on any atom is 0.273 e. The van der Waals surface area contributed by atoms with Crippen LogP contribution in [0.2, 0.25) is 5.02 Å². The van der Waals surface area contributed by atoms with E-state index in [0.29, 0.717) is 16.5 Å². The summed E-state index contributed by atoms with van der Waals surface area (Å²) in [4.78, 5) is 10.3. The van der Waals surface area contributed by atoms with Gasteiger partial charge in [0.1, 0.15) is 11.5 Å². The Labute approximate surface area is 127 Å². The first-order valence-electron chi connectivity index (χ1n) is 6.36. The summed E-state index contributed by atoms with van der Waals surface area (Å²) in [7, 11) is 0. The molecule has 0 saturated carbocycles. The Morgan fingerprint density at radius 1 is 1.29 bits per heavy atom. The van der Waals surface area contributed by atoms with Crippen LogP contribution in [0, 0.1) is 17.0 Å². The zero-order chi connectivity index (χ0) is 15.6. The zero-order valence-electron chi connectivity index (χ0n) is 11.7. The highest BCUT2D eigenvalue weighted by atomic mass is 35.5. The quantitative estimate of drug-likeness (QED) is 0.672. The first kappa shape index (κ1) is 15.3. The maximum atomic E-state index is 10.8. The molecule has 6 heteroatoms. The molecule has 0 aromatic heterocycles. The fourth-order valence-corrected chi connectivity index (χ4v) is 2.22. The average Bonchev–Trinajstić information content (AvgIpc) is 2.40. The second-order valence-electron chi connectivity index (χ2n) is 4.78. The van der Waals surface area contributed by atoms with Crippen LogP contribution in [-0.2, 0) is 0 Å². The van der Waals surface area contributed by atoms with Crippen LogP contribution in [0.15, 0.2) is 36.4 Å². The van der Waals surface area contributed by atoms with Gasteiger partial charge in [-0.25, -0.2) is 0 Å². The molecule has 1 unspecified atom stereocenters. The highest BCUT2D eigenvalue weighted by Gasteiger charge is 2.12. The van der Waals surface area contributed by atoms with Gasteiger partial charge >= 0.3 is 0 Å². The number of hydrogen-bond acceptors (Lipinski definition) is 4. The Balaban J connectivity index is 2.32. The number of aryl methyl sites for hydroxylation is 1. The smallest absolute Gasteiger partial charge is 0.273 e. The van der Waals surface area contributed by atoms with E-state index in [1.54, 1.807) is 24.3 Å². The van der Waals surface area contributed by atoms with E-state index in [4.69, 9.17) is 22.1 Å². The molecular weight excluding hydrogens is 292 g/mol. The molecule has 0 fully saturated rings. The first-order chi connectivity index (χ1) is 9.88. The molecule has 0 amide bonds. The molecule has 0 spiro atoms. The molecule has 5 nitrogen and oxygen atoms in total. The van der Waals surface area contributed by atoms with Crippen LogP contribution in [0.4, 0.5) is 5.69 Å². The SMILES string of the molecule is Cc1ccc([N+](=O)[O-])cc1Oc1ccc(C(C)N)c(Cl)c1. The van der Waals surface area contributed by atoms with Crippen molar-refractivity contribution in [1.29, 1.82) is 0 Å². The van der Waals surface area contributed by atoms with Crippen molar-refractivity contribution < 1.29 is 9.66 Å². The van der Waals surface area contributed by atoms with Crippen molar-refractivity contribution in [2.45, 2.75) is 19.9 Å². The normalized spacial score (nSPS) is 12.0. The molecule has 0 bridgehead atoms. The lowest BCUT2D eigenvalue weighted by molar-refractivity contribution is -0.384. The summed E-state index contributed by atoms with van der Waals surface area (Å²) in [6.45, 7) is 3.66. The van der Waals surface area contributed by atoms with Gasteiger partial charge in [0.05, 0.1) is 11.0 Å². The van der Waals surface area contributed by atoms with Gasteiger partial charge < -0.3 is 10.5 Å². The number of nitrogens with zero attached hydrogens (tertiary/aromatic N) is 1. The summed E-state index contributed by atoms with van der Waals surface area (Å²) in [6, 6.07) is 9.48. The van der Waals surface area contributed by atoms with Gasteiger partial charge in [0.2, 0.25) is 0 Å². The highest BCUT2D eigenvalue weighted by Crippen LogP contribution is 2.32. The summed E-state index contributed by atoms with van der Waals surface area (Å²) in [6.07, 6.45) is 0. The fourth-order valence-electron chi connectivity index (χ4n) is 1.88. The van der Waals surface area contributed by atoms with Gasteiger partial charge in [0, 0.05) is 17.1 Å². The summed E-state index contributed by atoms with van der Waals surface area (Å²) in [5.41, 5.74) is 7.39. The van der Waals surface area contributed by atoms with Crippen LogP contribution in [0.5, 0.6) is 11.5 Å². The van der Waals surface area contributed by atoms with Gasteiger partial charge in [-0.2, -0.15) is 0 Å². The number of nitrogens with two attached hydrogens (primary N) is 1. The Morgan fingerprint density at radius 2 is 2.00 bits per heavy atom. The van der Waals surface area contributed by atoms with Crippen LogP contribution in [0.3, 0.4) is 0 Å². The molecular formula is C15H15ClN2O3. The van der Waals surface area contributed by atoms with Gasteiger partial charge in [-0.05, 0) is 43.2 Å². The van der Waals surface area contributed by atoms with Gasteiger partial charge in [-0.15, -0.1) is 0 Å². The predicted octanol–water partition coefficient (Wildman–Crippen LogP) is 4.37. The lowest BCUT2D eigenvalue weighted by Crippen LogP contribution is -2.05. The van der Waals surface area contributed by atoms with E-state index in [9.17, 15) is 10.1 Å². The largest absolute Gasteiger partial charge is 0.457 e. The van der Waals surface area contributed by atoms with Crippen molar-refractivity contribution >= 4 is 17.3 Å². The minimum absolute atomic E-state index is 0.0195. The van der Waals surface area contributed by atoms with E-state index in [1.807, 2.05) is 13.8 Å². The van der Waals surface area contributed by atoms with Crippen LogP contribution in [0.25, 0.3) is 0 Å². The predicted molar refractivity (Wildman–Crippen MR) is 82.0 cm³/mol. The van der Waals surface area contributed by atoms with Gasteiger partial charge in [-0.1, -0.05) is 17.7 Å². The Hall–Kier alpha value is -2.11. The number of hydrogen-bond donors (Lipinski definition) is 1. The minimum Gasteiger partial charge on any atom is -0.457 e. The molecule has 21 heavy (non-hydrogen) atoms. The second kappa shape index (κ2) is 6.11. The molecule has 2 aromatic carbocycles. The topological polar surface area (TPSA) is 78.4 Å². The summed E-state index contributed by atoms with van der Waals surface area (Å²) < 4.78 is 5.69. The molecule has 2 N–H and O–H groups in total. The monoisotopic (exact) mass is 306 g/mol. The molecule has 0 radical (unpaired) electrons. The third-order valence-electron chi connectivity index (χ3n) is 3.07. The van der Waals surface area contributed by atoms with Gasteiger partial charge in [0.25, 0.3) is 5.69 Å². The minimum atomic E-state index is -0.460. The van der Waals surface area contributed by atoms with E-state index in [0.717, 1.165) is 11.1 Å². The van der Waals surface area contributed by atoms with E-state index in [-0.39, 0.29) is 11.7 Å². The number of ether oxygens (including phenoxy) is 1. The maximum absolute atomic E-state index is 10.8. The number of halogens is 1. The standard InChI is InChI=1S/C15H15ClN2O3/c1-9-3-4-11(18(19)20)7-15(9)21-12-5-6-13(10(2)17)14(16)8-12/h3-8,10H,17H2,1-2H3. The number of rotatable bonds is 4. The van der Waals surface area contributed by atoms with E-state index in [1.165, 1.54) is 12.1 Å². The third kappa shape index (κ3) is 3.51. The van der Waals surface area contributed by atoms with Crippen LogP contribution in [0.1, 0.15) is 24.1 Å². The molecule has 110 valence electrons. The summed E-state index contributed by atoms with van der Waals surface area (Å²) in [5, 5.41) is 11.3. The fraction of sp³-hybridized carbons (Fsp3) is 0.200. The molecule has 0 aliphatic heterocycles. The van der Waals surface area contributed by atoms with Crippen molar-refractivity contribution in [3.05, 3.63) is 62.7 Å². The van der Waals surface area contributed by atoms with Crippen molar-refractivity contribution in [2.75, 3.05) is 0 Å².